The third-order valence-electron chi connectivity index (χ3n) is 2.65. The summed E-state index contributed by atoms with van der Waals surface area (Å²) in [6, 6.07) is 0. The second-order valence-corrected chi connectivity index (χ2v) is 4.13. The zero-order valence-electron chi connectivity index (χ0n) is 9.27. The lowest BCUT2D eigenvalue weighted by molar-refractivity contribution is 0.397. The first-order valence-corrected chi connectivity index (χ1v) is 5.52. The van der Waals surface area contributed by atoms with Crippen molar-refractivity contribution in [3.05, 3.63) is 0 Å². The van der Waals surface area contributed by atoms with Gasteiger partial charge in [0.15, 0.2) is 0 Å². The summed E-state index contributed by atoms with van der Waals surface area (Å²) >= 11 is 0. The van der Waals surface area contributed by atoms with Gasteiger partial charge in [-0.1, -0.05) is 53.2 Å². The molecule has 0 saturated heterocycles. The van der Waals surface area contributed by atoms with Crippen molar-refractivity contribution in [3.8, 4) is 0 Å². The van der Waals surface area contributed by atoms with E-state index in [9.17, 15) is 0 Å². The highest BCUT2D eigenvalue weighted by Gasteiger charge is 2.06. The molecular formula is C11H24B. The fourth-order valence-corrected chi connectivity index (χ4v) is 1.58. The van der Waals surface area contributed by atoms with E-state index < -0.39 is 0 Å². The Morgan fingerprint density at radius 1 is 1.08 bits per heavy atom. The van der Waals surface area contributed by atoms with Gasteiger partial charge in [-0.05, 0) is 18.3 Å². The first-order valence-electron chi connectivity index (χ1n) is 5.52. The second kappa shape index (κ2) is 7.70. The van der Waals surface area contributed by atoms with Crippen LogP contribution in [0, 0.1) is 11.8 Å². The van der Waals surface area contributed by atoms with Crippen molar-refractivity contribution < 1.29 is 0 Å². The van der Waals surface area contributed by atoms with E-state index in [0.717, 1.165) is 11.8 Å². The lowest BCUT2D eigenvalue weighted by Crippen LogP contribution is -2.03. The van der Waals surface area contributed by atoms with E-state index in [4.69, 9.17) is 0 Å². The lowest BCUT2D eigenvalue weighted by Gasteiger charge is -2.15. The van der Waals surface area contributed by atoms with Gasteiger partial charge >= 0.3 is 0 Å². The molecule has 0 aromatic heterocycles. The summed E-state index contributed by atoms with van der Waals surface area (Å²) < 4.78 is 0. The predicted octanol–water partition coefficient (Wildman–Crippen LogP) is 4.01. The topological polar surface area (TPSA) is 0 Å². The third-order valence-corrected chi connectivity index (χ3v) is 2.65. The maximum Gasteiger partial charge on any atom is 0.109 e. The maximum atomic E-state index is 2.40. The van der Waals surface area contributed by atoms with Crippen LogP contribution in [-0.4, -0.2) is 7.28 Å². The van der Waals surface area contributed by atoms with Crippen LogP contribution >= 0.6 is 0 Å². The highest BCUT2D eigenvalue weighted by molar-refractivity contribution is 6.35. The van der Waals surface area contributed by atoms with E-state index in [1.165, 1.54) is 31.9 Å². The molecule has 71 valence electrons. The molecule has 0 heterocycles. The molecule has 0 aliphatic carbocycles. The van der Waals surface area contributed by atoms with Gasteiger partial charge in [-0.2, -0.15) is 0 Å². The summed E-state index contributed by atoms with van der Waals surface area (Å²) in [5, 5.41) is 0. The molecule has 0 bridgehead atoms. The molecule has 2 unspecified atom stereocenters. The van der Waals surface area contributed by atoms with Crippen molar-refractivity contribution in [2.24, 2.45) is 11.8 Å². The van der Waals surface area contributed by atoms with Crippen LogP contribution in [0.1, 0.15) is 47.0 Å². The monoisotopic (exact) mass is 167 g/mol. The Bertz CT molecular complexity index is 91.0. The molecule has 0 nitrogen and oxygen atoms in total. The first-order chi connectivity index (χ1) is 5.70. The number of hydrogen-bond acceptors (Lipinski definition) is 0. The van der Waals surface area contributed by atoms with Crippen molar-refractivity contribution >= 4 is 7.28 Å². The van der Waals surface area contributed by atoms with Gasteiger partial charge in [0.05, 0.1) is 0 Å². The normalized spacial score (nSPS) is 15.7. The van der Waals surface area contributed by atoms with Crippen LogP contribution < -0.4 is 0 Å². The van der Waals surface area contributed by atoms with E-state index in [2.05, 4.69) is 35.0 Å². The highest BCUT2D eigenvalue weighted by atomic mass is 14.1. The minimum atomic E-state index is 0.918. The fourth-order valence-electron chi connectivity index (χ4n) is 1.58. The van der Waals surface area contributed by atoms with Crippen molar-refractivity contribution in [1.82, 2.24) is 0 Å². The molecule has 0 aromatic rings. The summed E-state index contributed by atoms with van der Waals surface area (Å²) in [5.41, 5.74) is 0. The van der Waals surface area contributed by atoms with Gasteiger partial charge in [-0.3, -0.25) is 0 Å². The predicted molar refractivity (Wildman–Crippen MR) is 58.9 cm³/mol. The first kappa shape index (κ1) is 12.1. The Balaban J connectivity index is 3.26. The maximum absolute atomic E-state index is 2.40. The van der Waals surface area contributed by atoms with Crippen LogP contribution in [0.4, 0.5) is 0 Å². The van der Waals surface area contributed by atoms with Crippen molar-refractivity contribution in [2.75, 3.05) is 0 Å². The Labute approximate surface area is 79.4 Å². The van der Waals surface area contributed by atoms with Crippen LogP contribution in [0.25, 0.3) is 0 Å². The summed E-state index contributed by atoms with van der Waals surface area (Å²) in [7, 11) is 2.40. The Morgan fingerprint density at radius 3 is 2.25 bits per heavy atom. The molecule has 0 saturated carbocycles. The molecular weight excluding hydrogens is 143 g/mol. The van der Waals surface area contributed by atoms with Crippen molar-refractivity contribution in [2.45, 2.75) is 59.6 Å². The smallest absolute Gasteiger partial charge is 0.0831 e. The van der Waals surface area contributed by atoms with Crippen molar-refractivity contribution in [1.29, 1.82) is 0 Å². The van der Waals surface area contributed by atoms with Gasteiger partial charge in [-0.15, -0.1) is 0 Å². The van der Waals surface area contributed by atoms with Gasteiger partial charge in [-0.25, -0.2) is 0 Å². The van der Waals surface area contributed by atoms with Crippen LogP contribution in [0.3, 0.4) is 0 Å². The van der Waals surface area contributed by atoms with E-state index in [0.29, 0.717) is 0 Å². The van der Waals surface area contributed by atoms with Crippen LogP contribution in [0.5, 0.6) is 0 Å². The highest BCUT2D eigenvalue weighted by Crippen LogP contribution is 2.18. The molecule has 2 atom stereocenters. The standard InChI is InChI=1S/C11H24B/c1-5-10(3)9-11(4)7-8-12-6-2/h10-11H,5-9H2,1-4H3. The quantitative estimate of drug-likeness (QED) is 0.397. The molecule has 0 aliphatic heterocycles. The van der Waals surface area contributed by atoms with E-state index in [-0.39, 0.29) is 0 Å². The minimum absolute atomic E-state index is 0.918. The SMILES string of the molecule is CC[B]CCC(C)CC(C)CC. The Hall–Kier alpha value is 0.0649. The van der Waals surface area contributed by atoms with E-state index >= 15 is 0 Å². The molecule has 1 radical (unpaired) electrons. The zero-order valence-corrected chi connectivity index (χ0v) is 9.27. The molecule has 0 aromatic carbocycles. The molecule has 0 N–H and O–H groups in total. The van der Waals surface area contributed by atoms with Crippen LogP contribution in [0.2, 0.25) is 12.6 Å². The number of rotatable bonds is 7. The van der Waals surface area contributed by atoms with Gasteiger partial charge in [0.25, 0.3) is 0 Å². The molecule has 0 fully saturated rings. The minimum Gasteiger partial charge on any atom is -0.0831 e. The summed E-state index contributed by atoms with van der Waals surface area (Å²) in [6.07, 6.45) is 6.68. The van der Waals surface area contributed by atoms with Gasteiger partial charge in [0, 0.05) is 0 Å². The summed E-state index contributed by atoms with van der Waals surface area (Å²) in [4.78, 5) is 0. The van der Waals surface area contributed by atoms with Gasteiger partial charge < -0.3 is 0 Å². The van der Waals surface area contributed by atoms with Crippen molar-refractivity contribution in [3.63, 3.8) is 0 Å². The zero-order chi connectivity index (χ0) is 9.40. The summed E-state index contributed by atoms with van der Waals surface area (Å²) in [6.45, 7) is 9.25. The van der Waals surface area contributed by atoms with Crippen LogP contribution in [0.15, 0.2) is 0 Å². The number of hydrogen-bond donors (Lipinski definition) is 0. The van der Waals surface area contributed by atoms with Gasteiger partial charge in [0.2, 0.25) is 0 Å². The second-order valence-electron chi connectivity index (χ2n) is 4.13. The largest absolute Gasteiger partial charge is 0.109 e. The van der Waals surface area contributed by atoms with Gasteiger partial charge in [0.1, 0.15) is 7.28 Å². The lowest BCUT2D eigenvalue weighted by atomic mass is 9.69. The Kier molecular flexibility index (Phi) is 7.74. The average Bonchev–Trinajstić information content (AvgIpc) is 2.05. The molecule has 0 spiro atoms. The molecule has 12 heavy (non-hydrogen) atoms. The summed E-state index contributed by atoms with van der Waals surface area (Å²) in [5.74, 6) is 1.84. The molecule has 0 aliphatic rings. The molecule has 0 rings (SSSR count). The third kappa shape index (κ3) is 6.76. The Morgan fingerprint density at radius 2 is 1.75 bits per heavy atom. The van der Waals surface area contributed by atoms with E-state index in [1.54, 1.807) is 0 Å². The van der Waals surface area contributed by atoms with Crippen LogP contribution in [-0.2, 0) is 0 Å². The van der Waals surface area contributed by atoms with E-state index in [1.807, 2.05) is 0 Å². The average molecular weight is 167 g/mol. The molecule has 1 heteroatoms. The molecule has 0 amide bonds. The fraction of sp³-hybridized carbons (Fsp3) is 1.00.